The topological polar surface area (TPSA) is 82.6 Å². The monoisotopic (exact) mass is 268 g/mol. The smallest absolute Gasteiger partial charge is 0.315 e. The highest BCUT2D eigenvalue weighted by Crippen LogP contribution is 2.10. The largest absolute Gasteiger partial charge is 0.342 e. The van der Waals surface area contributed by atoms with Crippen LogP contribution in [-0.2, 0) is 14.4 Å². The lowest BCUT2D eigenvalue weighted by atomic mass is 10.3. The lowest BCUT2D eigenvalue weighted by Crippen LogP contribution is -2.51. The lowest BCUT2D eigenvalue weighted by molar-refractivity contribution is -0.144. The van der Waals surface area contributed by atoms with Gasteiger partial charge in [-0.15, -0.1) is 11.3 Å². The maximum absolute atomic E-state index is 11.8. The van der Waals surface area contributed by atoms with Crippen LogP contribution in [0.25, 0.3) is 0 Å². The van der Waals surface area contributed by atoms with E-state index in [0.717, 1.165) is 6.41 Å². The van der Waals surface area contributed by atoms with E-state index in [4.69, 9.17) is 0 Å². The minimum atomic E-state index is -0.690. The highest BCUT2D eigenvalue weighted by Gasteiger charge is 2.25. The molecule has 0 spiro atoms. The molecule has 0 saturated carbocycles. The number of amides is 3. The van der Waals surface area contributed by atoms with Crippen molar-refractivity contribution < 1.29 is 14.4 Å². The number of rotatable bonds is 2. The Hall–Kier alpha value is -1.96. The quantitative estimate of drug-likeness (QED) is 0.572. The molecule has 7 nitrogen and oxygen atoms in total. The van der Waals surface area contributed by atoms with Crippen LogP contribution in [0, 0.1) is 0 Å². The number of hydrogen-bond donors (Lipinski definition) is 1. The van der Waals surface area contributed by atoms with Gasteiger partial charge in [-0.05, 0) is 0 Å². The van der Waals surface area contributed by atoms with E-state index in [1.165, 1.54) is 16.2 Å². The maximum atomic E-state index is 11.8. The molecule has 1 saturated heterocycles. The first-order chi connectivity index (χ1) is 8.70. The predicted molar refractivity (Wildman–Crippen MR) is 65.0 cm³/mol. The van der Waals surface area contributed by atoms with Gasteiger partial charge in [0.25, 0.3) is 0 Å². The third kappa shape index (κ3) is 2.83. The number of thiazole rings is 1. The normalized spacial score (nSPS) is 15.3. The molecule has 1 aromatic rings. The number of aromatic nitrogens is 1. The summed E-state index contributed by atoms with van der Waals surface area (Å²) >= 11 is 1.25. The Morgan fingerprint density at radius 3 is 2.61 bits per heavy atom. The number of nitrogens with one attached hydrogen (secondary N) is 1. The van der Waals surface area contributed by atoms with Crippen LogP contribution in [-0.4, -0.2) is 59.2 Å². The van der Waals surface area contributed by atoms with Gasteiger partial charge in [-0.25, -0.2) is 4.98 Å². The van der Waals surface area contributed by atoms with Gasteiger partial charge in [-0.3, -0.25) is 19.7 Å². The fourth-order valence-electron chi connectivity index (χ4n) is 1.61. The fourth-order valence-corrected chi connectivity index (χ4v) is 2.13. The molecule has 1 aromatic heterocycles. The van der Waals surface area contributed by atoms with Crippen molar-refractivity contribution in [3.05, 3.63) is 11.6 Å². The van der Waals surface area contributed by atoms with Crippen molar-refractivity contribution in [2.24, 2.45) is 0 Å². The molecule has 3 amide bonds. The Bertz CT molecular complexity index is 440. The third-order valence-corrected chi connectivity index (χ3v) is 3.29. The van der Waals surface area contributed by atoms with E-state index in [9.17, 15) is 14.4 Å². The zero-order valence-electron chi connectivity index (χ0n) is 9.54. The molecule has 18 heavy (non-hydrogen) atoms. The first kappa shape index (κ1) is 12.5. The van der Waals surface area contributed by atoms with Gasteiger partial charge >= 0.3 is 11.8 Å². The van der Waals surface area contributed by atoms with Crippen LogP contribution in [0.15, 0.2) is 11.6 Å². The molecule has 0 radical (unpaired) electrons. The molecule has 0 aliphatic carbocycles. The van der Waals surface area contributed by atoms with Gasteiger partial charge in [0.1, 0.15) is 0 Å². The van der Waals surface area contributed by atoms with Crippen LogP contribution in [0.3, 0.4) is 0 Å². The molecular formula is C10H12N4O3S. The highest BCUT2D eigenvalue weighted by molar-refractivity contribution is 7.13. The Morgan fingerprint density at radius 1 is 1.33 bits per heavy atom. The predicted octanol–water partition coefficient (Wildman–Crippen LogP) is -0.618. The number of nitrogens with zero attached hydrogens (tertiary/aromatic N) is 3. The van der Waals surface area contributed by atoms with Gasteiger partial charge in [0.15, 0.2) is 5.13 Å². The van der Waals surface area contributed by atoms with E-state index < -0.39 is 11.8 Å². The summed E-state index contributed by atoms with van der Waals surface area (Å²) in [5, 5.41) is 4.55. The molecule has 0 bridgehead atoms. The summed E-state index contributed by atoms with van der Waals surface area (Å²) in [5.41, 5.74) is 0. The van der Waals surface area contributed by atoms with Crippen molar-refractivity contribution in [2.75, 3.05) is 31.5 Å². The van der Waals surface area contributed by atoms with Gasteiger partial charge < -0.3 is 9.80 Å². The standard InChI is InChI=1S/C10H12N4O3S/c15-7-13-2-4-14(5-3-13)9(17)8(16)12-10-11-1-6-18-10/h1,6-7H,2-5H2,(H,11,12,16). The minimum absolute atomic E-state index is 0.378. The van der Waals surface area contributed by atoms with Gasteiger partial charge in [-0.1, -0.05) is 0 Å². The second-order valence-corrected chi connectivity index (χ2v) is 4.62. The van der Waals surface area contributed by atoms with Gasteiger partial charge in [0.05, 0.1) is 0 Å². The molecule has 2 heterocycles. The summed E-state index contributed by atoms with van der Waals surface area (Å²) in [5.74, 6) is -1.28. The molecular weight excluding hydrogens is 256 g/mol. The Labute approximate surface area is 107 Å². The number of piperazine rings is 1. The zero-order valence-corrected chi connectivity index (χ0v) is 10.4. The van der Waals surface area contributed by atoms with Gasteiger partial charge in [0, 0.05) is 37.8 Å². The summed E-state index contributed by atoms with van der Waals surface area (Å²) < 4.78 is 0. The number of carbonyl (C=O) groups excluding carboxylic acids is 3. The average molecular weight is 268 g/mol. The van der Waals surface area contributed by atoms with Gasteiger partial charge in [0.2, 0.25) is 6.41 Å². The number of anilines is 1. The van der Waals surface area contributed by atoms with Crippen LogP contribution in [0.2, 0.25) is 0 Å². The summed E-state index contributed by atoms with van der Waals surface area (Å²) in [6, 6.07) is 0. The van der Waals surface area contributed by atoms with E-state index in [1.54, 1.807) is 16.5 Å². The molecule has 0 unspecified atom stereocenters. The second-order valence-electron chi connectivity index (χ2n) is 3.72. The van der Waals surface area contributed by atoms with E-state index in [2.05, 4.69) is 10.3 Å². The van der Waals surface area contributed by atoms with Crippen molar-refractivity contribution in [1.82, 2.24) is 14.8 Å². The summed E-state index contributed by atoms with van der Waals surface area (Å²) in [6.45, 7) is 1.67. The molecule has 1 fully saturated rings. The van der Waals surface area contributed by atoms with Crippen molar-refractivity contribution in [3.8, 4) is 0 Å². The van der Waals surface area contributed by atoms with Crippen molar-refractivity contribution in [3.63, 3.8) is 0 Å². The zero-order chi connectivity index (χ0) is 13.0. The van der Waals surface area contributed by atoms with Crippen LogP contribution in [0.4, 0.5) is 5.13 Å². The van der Waals surface area contributed by atoms with Crippen molar-refractivity contribution >= 4 is 34.7 Å². The Morgan fingerprint density at radius 2 is 2.06 bits per heavy atom. The molecule has 1 aliphatic rings. The minimum Gasteiger partial charge on any atom is -0.342 e. The molecule has 1 N–H and O–H groups in total. The van der Waals surface area contributed by atoms with Crippen LogP contribution < -0.4 is 5.32 Å². The third-order valence-electron chi connectivity index (χ3n) is 2.60. The fraction of sp³-hybridized carbons (Fsp3) is 0.400. The molecule has 8 heteroatoms. The highest BCUT2D eigenvalue weighted by atomic mass is 32.1. The second kappa shape index (κ2) is 5.58. The molecule has 0 aromatic carbocycles. The molecule has 2 rings (SSSR count). The number of carbonyl (C=O) groups is 3. The SMILES string of the molecule is O=CN1CCN(C(=O)C(=O)Nc2nccs2)CC1. The molecule has 96 valence electrons. The summed E-state index contributed by atoms with van der Waals surface area (Å²) in [6.07, 6.45) is 2.30. The number of hydrogen-bond acceptors (Lipinski definition) is 5. The maximum Gasteiger partial charge on any atom is 0.315 e. The van der Waals surface area contributed by atoms with Crippen molar-refractivity contribution in [2.45, 2.75) is 0 Å². The van der Waals surface area contributed by atoms with Crippen LogP contribution in [0.1, 0.15) is 0 Å². The van der Waals surface area contributed by atoms with Crippen LogP contribution in [0.5, 0.6) is 0 Å². The van der Waals surface area contributed by atoms with E-state index in [1.807, 2.05) is 0 Å². The molecule has 0 atom stereocenters. The Kier molecular flexibility index (Phi) is 3.88. The first-order valence-corrected chi connectivity index (χ1v) is 6.28. The van der Waals surface area contributed by atoms with Gasteiger partial charge in [-0.2, -0.15) is 0 Å². The van der Waals surface area contributed by atoms with Crippen LogP contribution >= 0.6 is 11.3 Å². The lowest BCUT2D eigenvalue weighted by Gasteiger charge is -2.31. The molecule has 1 aliphatic heterocycles. The van der Waals surface area contributed by atoms with E-state index in [-0.39, 0.29) is 0 Å². The van der Waals surface area contributed by atoms with E-state index in [0.29, 0.717) is 31.3 Å². The Balaban J connectivity index is 1.87. The average Bonchev–Trinajstić information content (AvgIpc) is 2.91. The summed E-state index contributed by atoms with van der Waals surface area (Å²) in [7, 11) is 0. The summed E-state index contributed by atoms with van der Waals surface area (Å²) in [4.78, 5) is 40.8. The van der Waals surface area contributed by atoms with Crippen molar-refractivity contribution in [1.29, 1.82) is 0 Å². The van der Waals surface area contributed by atoms with E-state index >= 15 is 0 Å². The first-order valence-electron chi connectivity index (χ1n) is 5.40.